The van der Waals surface area contributed by atoms with Crippen LogP contribution in [0.15, 0.2) is 18.2 Å². The van der Waals surface area contributed by atoms with Gasteiger partial charge in [0.05, 0.1) is 27.2 Å². The van der Waals surface area contributed by atoms with Gasteiger partial charge in [-0.1, -0.05) is 6.07 Å². The van der Waals surface area contributed by atoms with Crippen molar-refractivity contribution in [3.63, 3.8) is 0 Å². The van der Waals surface area contributed by atoms with Crippen LogP contribution in [0, 0.1) is 17.3 Å². The van der Waals surface area contributed by atoms with Crippen molar-refractivity contribution in [1.82, 2.24) is 5.32 Å². The highest BCUT2D eigenvalue weighted by Crippen LogP contribution is 2.61. The quantitative estimate of drug-likeness (QED) is 0.778. The number of rotatable bonds is 7. The minimum Gasteiger partial charge on any atom is -0.497 e. The largest absolute Gasteiger partial charge is 0.497 e. The number of nitrogens with one attached hydrogen (secondary N) is 1. The Kier molecular flexibility index (Phi) is 4.99. The molecule has 3 rings (SSSR count). The van der Waals surface area contributed by atoms with Crippen molar-refractivity contribution >= 4 is 5.97 Å². The summed E-state index contributed by atoms with van der Waals surface area (Å²) in [6, 6.07) is 5.91. The second kappa shape index (κ2) is 7.01. The van der Waals surface area contributed by atoms with Gasteiger partial charge < -0.3 is 19.5 Å². The van der Waals surface area contributed by atoms with Gasteiger partial charge in [-0.2, -0.15) is 0 Å². The van der Waals surface area contributed by atoms with Crippen LogP contribution in [0.5, 0.6) is 11.5 Å². The van der Waals surface area contributed by atoms with Gasteiger partial charge in [-0.25, -0.2) is 0 Å². The molecule has 0 atom stereocenters. The first-order chi connectivity index (χ1) is 11.6. The SMILES string of the molecule is COC(=O)C1CC2(CC(CNCc3ccc(OC)cc3OC)C2)C1. The summed E-state index contributed by atoms with van der Waals surface area (Å²) in [7, 11) is 4.82. The third-order valence-corrected chi connectivity index (χ3v) is 5.58. The molecule has 2 aliphatic rings. The molecule has 5 heteroatoms. The summed E-state index contributed by atoms with van der Waals surface area (Å²) >= 11 is 0. The lowest BCUT2D eigenvalue weighted by atomic mass is 9.48. The average Bonchev–Trinajstić information content (AvgIpc) is 2.54. The third kappa shape index (κ3) is 3.36. The molecule has 5 nitrogen and oxygen atoms in total. The van der Waals surface area contributed by atoms with E-state index in [0.717, 1.165) is 43.0 Å². The van der Waals surface area contributed by atoms with Crippen molar-refractivity contribution in [3.8, 4) is 11.5 Å². The summed E-state index contributed by atoms with van der Waals surface area (Å²) in [5.41, 5.74) is 1.57. The van der Waals surface area contributed by atoms with Crippen molar-refractivity contribution in [2.75, 3.05) is 27.9 Å². The molecule has 0 aromatic heterocycles. The Labute approximate surface area is 143 Å². The lowest BCUT2D eigenvalue weighted by Gasteiger charge is -2.57. The van der Waals surface area contributed by atoms with Gasteiger partial charge in [0.1, 0.15) is 11.5 Å². The van der Waals surface area contributed by atoms with Crippen LogP contribution in [0.3, 0.4) is 0 Å². The second-order valence-corrected chi connectivity index (χ2v) is 7.21. The topological polar surface area (TPSA) is 56.8 Å². The third-order valence-electron chi connectivity index (χ3n) is 5.58. The Hall–Kier alpha value is -1.75. The van der Waals surface area contributed by atoms with E-state index in [1.807, 2.05) is 18.2 Å². The van der Waals surface area contributed by atoms with Crippen molar-refractivity contribution in [3.05, 3.63) is 23.8 Å². The number of esters is 1. The zero-order chi connectivity index (χ0) is 17.2. The molecule has 2 fully saturated rings. The molecule has 0 unspecified atom stereocenters. The van der Waals surface area contributed by atoms with E-state index >= 15 is 0 Å². The van der Waals surface area contributed by atoms with Crippen LogP contribution in [-0.4, -0.2) is 33.8 Å². The van der Waals surface area contributed by atoms with Gasteiger partial charge >= 0.3 is 5.97 Å². The molecule has 1 aromatic carbocycles. The second-order valence-electron chi connectivity index (χ2n) is 7.21. The molecular formula is C19H27NO4. The van der Waals surface area contributed by atoms with Crippen LogP contribution < -0.4 is 14.8 Å². The molecule has 24 heavy (non-hydrogen) atoms. The van der Waals surface area contributed by atoms with E-state index in [1.54, 1.807) is 14.2 Å². The number of hydrogen-bond acceptors (Lipinski definition) is 5. The molecule has 0 amide bonds. The Balaban J connectivity index is 1.39. The molecular weight excluding hydrogens is 306 g/mol. The molecule has 132 valence electrons. The normalized spacial score (nSPS) is 28.0. The maximum absolute atomic E-state index is 11.5. The highest BCUT2D eigenvalue weighted by Gasteiger charge is 2.54. The number of benzene rings is 1. The summed E-state index contributed by atoms with van der Waals surface area (Å²) in [4.78, 5) is 11.5. The number of hydrogen-bond donors (Lipinski definition) is 1. The van der Waals surface area contributed by atoms with Gasteiger partial charge in [0.25, 0.3) is 0 Å². The molecule has 0 radical (unpaired) electrons. The number of carbonyl (C=O) groups is 1. The van der Waals surface area contributed by atoms with Gasteiger partial charge in [-0.3, -0.25) is 4.79 Å². The van der Waals surface area contributed by atoms with Crippen LogP contribution in [0.1, 0.15) is 31.2 Å². The van der Waals surface area contributed by atoms with E-state index in [-0.39, 0.29) is 11.9 Å². The fourth-order valence-corrected chi connectivity index (χ4v) is 4.37. The summed E-state index contributed by atoms with van der Waals surface area (Å²) < 4.78 is 15.5. The smallest absolute Gasteiger partial charge is 0.308 e. The summed E-state index contributed by atoms with van der Waals surface area (Å²) in [5.74, 6) is 2.49. The molecule has 0 saturated heterocycles. The van der Waals surface area contributed by atoms with Gasteiger partial charge in [0.15, 0.2) is 0 Å². The Morgan fingerprint density at radius 3 is 2.54 bits per heavy atom. The molecule has 2 aliphatic carbocycles. The van der Waals surface area contributed by atoms with Crippen LogP contribution in [-0.2, 0) is 16.1 Å². The van der Waals surface area contributed by atoms with Crippen LogP contribution in [0.25, 0.3) is 0 Å². The predicted octanol–water partition coefficient (Wildman–Crippen LogP) is 2.77. The molecule has 1 spiro atoms. The Bertz CT molecular complexity index is 587. The van der Waals surface area contributed by atoms with E-state index in [0.29, 0.717) is 11.3 Å². The number of carbonyl (C=O) groups excluding carboxylic acids is 1. The van der Waals surface area contributed by atoms with E-state index < -0.39 is 0 Å². The molecule has 1 aromatic rings. The monoisotopic (exact) mass is 333 g/mol. The maximum Gasteiger partial charge on any atom is 0.308 e. The van der Waals surface area contributed by atoms with E-state index in [2.05, 4.69) is 5.32 Å². The summed E-state index contributed by atoms with van der Waals surface area (Å²) in [6.07, 6.45) is 4.49. The van der Waals surface area contributed by atoms with Crippen LogP contribution in [0.4, 0.5) is 0 Å². The average molecular weight is 333 g/mol. The minimum absolute atomic E-state index is 0.0335. The van der Waals surface area contributed by atoms with Crippen molar-refractivity contribution in [2.45, 2.75) is 32.2 Å². The molecule has 0 bridgehead atoms. The first-order valence-electron chi connectivity index (χ1n) is 8.58. The highest BCUT2D eigenvalue weighted by atomic mass is 16.5. The summed E-state index contributed by atoms with van der Waals surface area (Å²) in [5, 5.41) is 3.53. The Morgan fingerprint density at radius 2 is 1.92 bits per heavy atom. The first kappa shape index (κ1) is 17.1. The number of ether oxygens (including phenoxy) is 3. The zero-order valence-corrected chi connectivity index (χ0v) is 14.8. The first-order valence-corrected chi connectivity index (χ1v) is 8.58. The van der Waals surface area contributed by atoms with Gasteiger partial charge in [-0.05, 0) is 49.6 Å². The van der Waals surface area contributed by atoms with E-state index in [9.17, 15) is 4.79 Å². The van der Waals surface area contributed by atoms with Gasteiger partial charge in [0, 0.05) is 18.2 Å². The van der Waals surface area contributed by atoms with Crippen LogP contribution in [0.2, 0.25) is 0 Å². The lowest BCUT2D eigenvalue weighted by Crippen LogP contribution is -2.52. The van der Waals surface area contributed by atoms with Gasteiger partial charge in [-0.15, -0.1) is 0 Å². The van der Waals surface area contributed by atoms with Crippen molar-refractivity contribution < 1.29 is 19.0 Å². The van der Waals surface area contributed by atoms with Crippen molar-refractivity contribution in [2.24, 2.45) is 17.3 Å². The maximum atomic E-state index is 11.5. The van der Waals surface area contributed by atoms with E-state index in [1.165, 1.54) is 20.0 Å². The predicted molar refractivity (Wildman–Crippen MR) is 91.1 cm³/mol. The molecule has 0 heterocycles. The summed E-state index contributed by atoms with van der Waals surface area (Å²) in [6.45, 7) is 1.81. The molecule has 0 aliphatic heterocycles. The highest BCUT2D eigenvalue weighted by molar-refractivity contribution is 5.73. The Morgan fingerprint density at radius 1 is 1.17 bits per heavy atom. The van der Waals surface area contributed by atoms with Crippen molar-refractivity contribution in [1.29, 1.82) is 0 Å². The van der Waals surface area contributed by atoms with E-state index in [4.69, 9.17) is 14.2 Å². The molecule has 1 N–H and O–H groups in total. The lowest BCUT2D eigenvalue weighted by molar-refractivity contribution is -0.161. The standard InChI is InChI=1S/C19H27NO4/c1-22-16-5-4-14(17(6-16)23-2)12-20-11-13-7-19(8-13)9-15(10-19)18(21)24-3/h4-6,13,15,20H,7-12H2,1-3H3. The fraction of sp³-hybridized carbons (Fsp3) is 0.632. The number of methoxy groups -OCH3 is 3. The minimum atomic E-state index is -0.0335. The van der Waals surface area contributed by atoms with Gasteiger partial charge in [0.2, 0.25) is 0 Å². The fourth-order valence-electron chi connectivity index (χ4n) is 4.37. The zero-order valence-electron chi connectivity index (χ0n) is 14.8. The van der Waals surface area contributed by atoms with Crippen LogP contribution >= 0.6 is 0 Å². The molecule has 2 saturated carbocycles.